The molecule has 4 nitrogen and oxygen atoms in total. The number of hydrogen-bond donors (Lipinski definition) is 1. The third-order valence-corrected chi connectivity index (χ3v) is 3.90. The SMILES string of the molecule is Cc1cc(F)c(Br)cc1-n1c(N)nc2ccc(C#N)cc21. The molecule has 3 rings (SSSR count). The van der Waals surface area contributed by atoms with Gasteiger partial charge in [-0.2, -0.15) is 5.26 Å². The van der Waals surface area contributed by atoms with Gasteiger partial charge in [0.05, 0.1) is 32.8 Å². The fourth-order valence-corrected chi connectivity index (χ4v) is 2.62. The Bertz CT molecular complexity index is 908. The lowest BCUT2D eigenvalue weighted by atomic mass is 10.1. The molecule has 0 bridgehead atoms. The summed E-state index contributed by atoms with van der Waals surface area (Å²) in [5.74, 6) is -0.0429. The summed E-state index contributed by atoms with van der Waals surface area (Å²) >= 11 is 3.18. The van der Waals surface area contributed by atoms with E-state index in [0.717, 1.165) is 11.3 Å². The number of aryl methyl sites for hydroxylation is 1. The number of nitriles is 1. The summed E-state index contributed by atoms with van der Waals surface area (Å²) < 4.78 is 15.7. The van der Waals surface area contributed by atoms with Crippen LogP contribution in [0, 0.1) is 24.1 Å². The second kappa shape index (κ2) is 4.86. The van der Waals surface area contributed by atoms with Crippen LogP contribution in [0.1, 0.15) is 11.1 Å². The molecule has 2 aromatic carbocycles. The van der Waals surface area contributed by atoms with Crippen LogP contribution in [0.5, 0.6) is 0 Å². The number of nitrogens with zero attached hydrogens (tertiary/aromatic N) is 3. The first-order valence-electron chi connectivity index (χ1n) is 6.15. The van der Waals surface area contributed by atoms with E-state index >= 15 is 0 Å². The maximum Gasteiger partial charge on any atom is 0.205 e. The fourth-order valence-electron chi connectivity index (χ4n) is 2.29. The lowest BCUT2D eigenvalue weighted by Crippen LogP contribution is -2.03. The maximum atomic E-state index is 13.6. The van der Waals surface area contributed by atoms with Crippen LogP contribution in [0.3, 0.4) is 0 Å². The molecule has 0 radical (unpaired) electrons. The van der Waals surface area contributed by atoms with Crippen molar-refractivity contribution < 1.29 is 4.39 Å². The van der Waals surface area contributed by atoms with E-state index in [4.69, 9.17) is 11.0 Å². The molecule has 21 heavy (non-hydrogen) atoms. The Kier molecular flexibility index (Phi) is 3.15. The number of rotatable bonds is 1. The molecule has 3 aromatic rings. The van der Waals surface area contributed by atoms with Crippen molar-refractivity contribution in [3.05, 3.63) is 51.7 Å². The van der Waals surface area contributed by atoms with Gasteiger partial charge in [-0.25, -0.2) is 9.37 Å². The van der Waals surface area contributed by atoms with E-state index in [1.807, 2.05) is 0 Å². The second-order valence-corrected chi connectivity index (χ2v) is 5.53. The predicted octanol–water partition coefficient (Wildman–Crippen LogP) is 3.69. The lowest BCUT2D eigenvalue weighted by Gasteiger charge is -2.11. The summed E-state index contributed by atoms with van der Waals surface area (Å²) in [6, 6.07) is 10.3. The van der Waals surface area contributed by atoms with Crippen LogP contribution in [0.4, 0.5) is 10.3 Å². The van der Waals surface area contributed by atoms with E-state index in [2.05, 4.69) is 27.0 Å². The molecule has 0 aliphatic rings. The van der Waals surface area contributed by atoms with Gasteiger partial charge in [0.15, 0.2) is 0 Å². The summed E-state index contributed by atoms with van der Waals surface area (Å²) in [4.78, 5) is 4.28. The maximum absolute atomic E-state index is 13.6. The van der Waals surface area contributed by atoms with Crippen molar-refractivity contribution in [1.82, 2.24) is 9.55 Å². The Morgan fingerprint density at radius 3 is 2.81 bits per heavy atom. The number of fused-ring (bicyclic) bond motifs is 1. The number of hydrogen-bond acceptors (Lipinski definition) is 3. The largest absolute Gasteiger partial charge is 0.369 e. The Morgan fingerprint density at radius 2 is 2.10 bits per heavy atom. The van der Waals surface area contributed by atoms with Crippen LogP contribution in [0.2, 0.25) is 0 Å². The zero-order valence-corrected chi connectivity index (χ0v) is 12.6. The average Bonchev–Trinajstić information content (AvgIpc) is 2.78. The van der Waals surface area contributed by atoms with Crippen LogP contribution in [0.25, 0.3) is 16.7 Å². The summed E-state index contributed by atoms with van der Waals surface area (Å²) in [6.45, 7) is 1.80. The smallest absolute Gasteiger partial charge is 0.205 e. The second-order valence-electron chi connectivity index (χ2n) is 4.67. The topological polar surface area (TPSA) is 67.6 Å². The molecule has 1 heterocycles. The van der Waals surface area contributed by atoms with E-state index < -0.39 is 0 Å². The van der Waals surface area contributed by atoms with Crippen molar-refractivity contribution in [3.63, 3.8) is 0 Å². The van der Waals surface area contributed by atoms with Crippen molar-refractivity contribution in [3.8, 4) is 11.8 Å². The van der Waals surface area contributed by atoms with Gasteiger partial charge in [0.2, 0.25) is 5.95 Å². The molecule has 0 saturated heterocycles. The minimum atomic E-state index is -0.336. The zero-order valence-electron chi connectivity index (χ0n) is 11.1. The summed E-state index contributed by atoms with van der Waals surface area (Å²) in [5, 5.41) is 9.03. The van der Waals surface area contributed by atoms with Crippen LogP contribution < -0.4 is 5.73 Å². The van der Waals surface area contributed by atoms with Gasteiger partial charge in [-0.3, -0.25) is 4.57 Å². The number of imidazole rings is 1. The lowest BCUT2D eigenvalue weighted by molar-refractivity contribution is 0.619. The third kappa shape index (κ3) is 2.16. The van der Waals surface area contributed by atoms with Gasteiger partial charge in [-0.15, -0.1) is 0 Å². The molecule has 104 valence electrons. The molecular formula is C15H10BrFN4. The molecular weight excluding hydrogens is 335 g/mol. The first kappa shape index (κ1) is 13.6. The minimum absolute atomic E-state index is 0.293. The van der Waals surface area contributed by atoms with Gasteiger partial charge in [-0.05, 0) is 58.7 Å². The number of nitrogens with two attached hydrogens (primary N) is 1. The highest BCUT2D eigenvalue weighted by Crippen LogP contribution is 2.29. The Hall–Kier alpha value is -2.39. The molecule has 0 aliphatic heterocycles. The van der Waals surface area contributed by atoms with Gasteiger partial charge in [0.25, 0.3) is 0 Å². The Morgan fingerprint density at radius 1 is 1.33 bits per heavy atom. The van der Waals surface area contributed by atoms with E-state index in [0.29, 0.717) is 27.0 Å². The van der Waals surface area contributed by atoms with Gasteiger partial charge >= 0.3 is 0 Å². The highest BCUT2D eigenvalue weighted by molar-refractivity contribution is 9.10. The van der Waals surface area contributed by atoms with E-state index in [9.17, 15) is 4.39 Å². The van der Waals surface area contributed by atoms with Crippen molar-refractivity contribution in [2.24, 2.45) is 0 Å². The van der Waals surface area contributed by atoms with E-state index in [1.165, 1.54) is 6.07 Å². The van der Waals surface area contributed by atoms with Crippen molar-refractivity contribution in [2.45, 2.75) is 6.92 Å². The standard InChI is InChI=1S/C15H10BrFN4/c1-8-4-11(17)10(16)6-13(8)21-14-5-9(7-18)2-3-12(14)20-15(21)19/h2-6H,1H3,(H2,19,20). The summed E-state index contributed by atoms with van der Waals surface area (Å²) in [5.41, 5.74) is 9.36. The van der Waals surface area contributed by atoms with E-state index in [1.54, 1.807) is 35.8 Å². The van der Waals surface area contributed by atoms with Gasteiger partial charge in [-0.1, -0.05) is 0 Å². The number of aromatic nitrogens is 2. The summed E-state index contributed by atoms with van der Waals surface area (Å²) in [6.07, 6.45) is 0. The van der Waals surface area contributed by atoms with Gasteiger partial charge in [0.1, 0.15) is 5.82 Å². The number of nitrogen functional groups attached to an aromatic ring is 1. The highest BCUT2D eigenvalue weighted by atomic mass is 79.9. The molecule has 6 heteroatoms. The minimum Gasteiger partial charge on any atom is -0.369 e. The predicted molar refractivity (Wildman–Crippen MR) is 82.6 cm³/mol. The molecule has 2 N–H and O–H groups in total. The molecule has 0 atom stereocenters. The number of halogens is 2. The first-order chi connectivity index (χ1) is 10.0. The van der Waals surface area contributed by atoms with Crippen LogP contribution in [0.15, 0.2) is 34.8 Å². The van der Waals surface area contributed by atoms with Crippen LogP contribution in [-0.4, -0.2) is 9.55 Å². The quantitative estimate of drug-likeness (QED) is 0.731. The third-order valence-electron chi connectivity index (χ3n) is 3.29. The average molecular weight is 345 g/mol. The molecule has 0 aliphatic carbocycles. The van der Waals surface area contributed by atoms with Crippen molar-refractivity contribution >= 4 is 32.9 Å². The first-order valence-corrected chi connectivity index (χ1v) is 6.94. The monoisotopic (exact) mass is 344 g/mol. The molecule has 0 amide bonds. The fraction of sp³-hybridized carbons (Fsp3) is 0.0667. The van der Waals surface area contributed by atoms with Crippen molar-refractivity contribution in [2.75, 3.05) is 5.73 Å². The summed E-state index contributed by atoms with van der Waals surface area (Å²) in [7, 11) is 0. The molecule has 0 fully saturated rings. The molecule has 0 unspecified atom stereocenters. The Balaban J connectivity index is 2.37. The number of benzene rings is 2. The number of anilines is 1. The zero-order chi connectivity index (χ0) is 15.1. The molecule has 1 aromatic heterocycles. The van der Waals surface area contributed by atoms with E-state index in [-0.39, 0.29) is 5.82 Å². The molecule has 0 saturated carbocycles. The van der Waals surface area contributed by atoms with Gasteiger partial charge in [0, 0.05) is 0 Å². The van der Waals surface area contributed by atoms with Crippen molar-refractivity contribution in [1.29, 1.82) is 5.26 Å². The Labute approximate surface area is 128 Å². The highest BCUT2D eigenvalue weighted by Gasteiger charge is 2.14. The molecule has 0 spiro atoms. The van der Waals surface area contributed by atoms with Gasteiger partial charge < -0.3 is 5.73 Å². The van der Waals surface area contributed by atoms with Crippen LogP contribution in [-0.2, 0) is 0 Å². The normalized spacial score (nSPS) is 10.8. The van der Waals surface area contributed by atoms with Crippen LogP contribution >= 0.6 is 15.9 Å².